The number of carbonyl (C=O) groups excluding carboxylic acids is 1. The van der Waals surface area contributed by atoms with Crippen LogP contribution in [0.2, 0.25) is 13.1 Å². The lowest BCUT2D eigenvalue weighted by Gasteiger charge is -2.21. The summed E-state index contributed by atoms with van der Waals surface area (Å²) in [6.07, 6.45) is 3.66. The predicted octanol–water partition coefficient (Wildman–Crippen LogP) is 2.85. The summed E-state index contributed by atoms with van der Waals surface area (Å²) in [6, 6.07) is 0. The molecular formula is C10H22O3Si. The second kappa shape index (κ2) is 7.01. The van der Waals surface area contributed by atoms with E-state index in [9.17, 15) is 4.79 Å². The molecule has 0 aliphatic heterocycles. The zero-order chi connectivity index (χ0) is 11.0. The quantitative estimate of drug-likeness (QED) is 0.487. The average molecular weight is 218 g/mol. The van der Waals surface area contributed by atoms with Gasteiger partial charge in [-0.25, -0.2) is 0 Å². The summed E-state index contributed by atoms with van der Waals surface area (Å²) in [7, 11) is -2.18. The summed E-state index contributed by atoms with van der Waals surface area (Å²) in [6.45, 7) is 8.44. The van der Waals surface area contributed by atoms with Gasteiger partial charge < -0.3 is 8.85 Å². The Morgan fingerprint density at radius 2 is 1.86 bits per heavy atom. The van der Waals surface area contributed by atoms with Gasteiger partial charge in [-0.15, -0.1) is 0 Å². The molecule has 3 nitrogen and oxygen atoms in total. The third-order valence-electron chi connectivity index (χ3n) is 1.84. The normalized spacial score (nSPS) is 11.4. The molecule has 0 aromatic rings. The van der Waals surface area contributed by atoms with E-state index in [0.29, 0.717) is 13.0 Å². The van der Waals surface area contributed by atoms with Crippen LogP contribution in [0.25, 0.3) is 0 Å². The molecule has 14 heavy (non-hydrogen) atoms. The molecule has 0 N–H and O–H groups in total. The van der Waals surface area contributed by atoms with E-state index in [-0.39, 0.29) is 5.97 Å². The Balaban J connectivity index is 3.69. The van der Waals surface area contributed by atoms with Gasteiger partial charge in [0.1, 0.15) is 0 Å². The van der Waals surface area contributed by atoms with Crippen LogP contribution >= 0.6 is 0 Å². The Labute approximate surface area is 88.0 Å². The number of unbranched alkanes of at least 4 members (excludes halogenated alkanes) is 2. The van der Waals surface area contributed by atoms with Gasteiger partial charge in [0, 0.05) is 13.0 Å². The lowest BCUT2D eigenvalue weighted by atomic mass is 10.2. The first-order chi connectivity index (χ1) is 6.52. The molecule has 0 aromatic carbocycles. The van der Waals surface area contributed by atoms with Crippen molar-refractivity contribution in [2.75, 3.05) is 6.61 Å². The monoisotopic (exact) mass is 218 g/mol. The van der Waals surface area contributed by atoms with Crippen molar-refractivity contribution in [3.05, 3.63) is 0 Å². The number of carbonyl (C=O) groups is 1. The second-order valence-electron chi connectivity index (χ2n) is 3.76. The fraction of sp³-hybridized carbons (Fsp3) is 0.900. The first-order valence-electron chi connectivity index (χ1n) is 5.37. The van der Waals surface area contributed by atoms with E-state index in [2.05, 4.69) is 6.92 Å². The van der Waals surface area contributed by atoms with Crippen LogP contribution in [-0.4, -0.2) is 21.1 Å². The molecule has 0 aromatic heterocycles. The van der Waals surface area contributed by atoms with Crippen LogP contribution in [0.4, 0.5) is 0 Å². The Morgan fingerprint density at radius 3 is 2.36 bits per heavy atom. The number of rotatable bonds is 7. The van der Waals surface area contributed by atoms with Crippen molar-refractivity contribution in [3.63, 3.8) is 0 Å². The molecule has 0 rings (SSSR count). The summed E-state index contributed by atoms with van der Waals surface area (Å²) < 4.78 is 10.7. The Kier molecular flexibility index (Phi) is 6.83. The van der Waals surface area contributed by atoms with Crippen molar-refractivity contribution in [1.82, 2.24) is 0 Å². The lowest BCUT2D eigenvalue weighted by molar-refractivity contribution is -0.136. The van der Waals surface area contributed by atoms with Crippen molar-refractivity contribution in [1.29, 1.82) is 0 Å². The van der Waals surface area contributed by atoms with Crippen molar-refractivity contribution >= 4 is 14.5 Å². The number of hydrogen-bond acceptors (Lipinski definition) is 3. The van der Waals surface area contributed by atoms with E-state index < -0.39 is 8.56 Å². The zero-order valence-electron chi connectivity index (χ0n) is 9.76. The summed E-state index contributed by atoms with van der Waals surface area (Å²) in [5.41, 5.74) is 0. The molecule has 0 aliphatic rings. The summed E-state index contributed by atoms with van der Waals surface area (Å²) >= 11 is 0. The minimum atomic E-state index is -2.18. The fourth-order valence-corrected chi connectivity index (χ4v) is 2.63. The highest BCUT2D eigenvalue weighted by molar-refractivity contribution is 6.66. The molecule has 0 bridgehead atoms. The molecule has 0 unspecified atom stereocenters. The molecule has 84 valence electrons. The Hall–Kier alpha value is -0.353. The lowest BCUT2D eigenvalue weighted by Crippen LogP contribution is -2.37. The van der Waals surface area contributed by atoms with Gasteiger partial charge in [-0.05, 0) is 26.4 Å². The SMILES string of the molecule is CCCCCC(=O)O[Si](C)(C)OCC. The molecule has 0 fully saturated rings. The largest absolute Gasteiger partial charge is 0.494 e. The first kappa shape index (κ1) is 13.6. The van der Waals surface area contributed by atoms with Crippen molar-refractivity contribution in [2.24, 2.45) is 0 Å². The topological polar surface area (TPSA) is 35.5 Å². The highest BCUT2D eigenvalue weighted by Crippen LogP contribution is 2.09. The Morgan fingerprint density at radius 1 is 1.21 bits per heavy atom. The molecule has 0 radical (unpaired) electrons. The van der Waals surface area contributed by atoms with Gasteiger partial charge in [0.15, 0.2) is 0 Å². The standard InChI is InChI=1S/C10H22O3Si/c1-5-7-8-9-10(11)13-14(3,4)12-6-2/h5-9H2,1-4H3. The van der Waals surface area contributed by atoms with Gasteiger partial charge in [0.05, 0.1) is 0 Å². The van der Waals surface area contributed by atoms with Gasteiger partial charge in [-0.3, -0.25) is 4.79 Å². The average Bonchev–Trinajstić information content (AvgIpc) is 2.03. The summed E-state index contributed by atoms with van der Waals surface area (Å²) in [4.78, 5) is 11.3. The third-order valence-corrected chi connectivity index (χ3v) is 3.54. The van der Waals surface area contributed by atoms with Crippen molar-refractivity contribution < 1.29 is 13.6 Å². The van der Waals surface area contributed by atoms with E-state index >= 15 is 0 Å². The highest BCUT2D eigenvalue weighted by Gasteiger charge is 2.28. The maximum Gasteiger partial charge on any atom is 0.395 e. The van der Waals surface area contributed by atoms with Crippen LogP contribution in [0, 0.1) is 0 Å². The molecular weight excluding hydrogens is 196 g/mol. The second-order valence-corrected chi connectivity index (χ2v) is 7.06. The molecule has 0 saturated heterocycles. The van der Waals surface area contributed by atoms with Gasteiger partial charge in [-0.1, -0.05) is 19.8 Å². The fourth-order valence-electron chi connectivity index (χ4n) is 1.22. The van der Waals surface area contributed by atoms with Gasteiger partial charge in [0.25, 0.3) is 5.97 Å². The number of hydrogen-bond donors (Lipinski definition) is 0. The van der Waals surface area contributed by atoms with Crippen LogP contribution in [0.3, 0.4) is 0 Å². The van der Waals surface area contributed by atoms with Crippen molar-refractivity contribution in [2.45, 2.75) is 52.6 Å². The molecule has 0 aliphatic carbocycles. The van der Waals surface area contributed by atoms with Crippen LogP contribution < -0.4 is 0 Å². The van der Waals surface area contributed by atoms with E-state index in [1.165, 1.54) is 0 Å². The smallest absolute Gasteiger partial charge is 0.395 e. The first-order valence-corrected chi connectivity index (χ1v) is 8.19. The van der Waals surface area contributed by atoms with Gasteiger partial charge in [-0.2, -0.15) is 0 Å². The van der Waals surface area contributed by atoms with Crippen LogP contribution in [0.5, 0.6) is 0 Å². The third kappa shape index (κ3) is 7.09. The summed E-state index contributed by atoms with van der Waals surface area (Å²) in [5, 5.41) is 0. The molecule has 0 saturated carbocycles. The van der Waals surface area contributed by atoms with E-state index in [4.69, 9.17) is 8.85 Å². The van der Waals surface area contributed by atoms with E-state index in [0.717, 1.165) is 19.3 Å². The molecule has 0 heterocycles. The summed E-state index contributed by atoms with van der Waals surface area (Å²) in [5.74, 6) is -0.108. The molecule has 0 spiro atoms. The molecule has 0 amide bonds. The molecule has 0 atom stereocenters. The van der Waals surface area contributed by atoms with Crippen LogP contribution in [-0.2, 0) is 13.6 Å². The Bertz CT molecular complexity index is 169. The van der Waals surface area contributed by atoms with Crippen LogP contribution in [0.1, 0.15) is 39.5 Å². The van der Waals surface area contributed by atoms with E-state index in [1.54, 1.807) is 0 Å². The van der Waals surface area contributed by atoms with Gasteiger partial charge in [0.2, 0.25) is 0 Å². The van der Waals surface area contributed by atoms with Gasteiger partial charge >= 0.3 is 8.56 Å². The predicted molar refractivity (Wildman–Crippen MR) is 59.3 cm³/mol. The minimum Gasteiger partial charge on any atom is -0.494 e. The maximum absolute atomic E-state index is 11.3. The maximum atomic E-state index is 11.3. The van der Waals surface area contributed by atoms with Crippen molar-refractivity contribution in [3.8, 4) is 0 Å². The zero-order valence-corrected chi connectivity index (χ0v) is 10.8. The van der Waals surface area contributed by atoms with Crippen LogP contribution in [0.15, 0.2) is 0 Å². The minimum absolute atomic E-state index is 0.108. The highest BCUT2D eigenvalue weighted by atomic mass is 28.4. The van der Waals surface area contributed by atoms with E-state index in [1.807, 2.05) is 20.0 Å². The molecule has 4 heteroatoms.